The molecule has 2 rings (SSSR count). The van der Waals surface area contributed by atoms with Gasteiger partial charge in [0, 0.05) is 6.61 Å². The Morgan fingerprint density at radius 2 is 2.25 bits per heavy atom. The van der Waals surface area contributed by atoms with Gasteiger partial charge in [-0.3, -0.25) is 15.0 Å². The molecular weight excluding hydrogens is 280 g/mol. The minimum atomic E-state index is -0.351. The molecule has 2 fully saturated rings. The third-order valence-electron chi connectivity index (χ3n) is 3.21. The Morgan fingerprint density at radius 3 is 2.85 bits per heavy atom. The fraction of sp³-hybridized carbons (Fsp3) is 0.769. The molecule has 3 unspecified atom stereocenters. The molecule has 3 atom stereocenters. The number of ether oxygens (including phenoxy) is 2. The van der Waals surface area contributed by atoms with Crippen LogP contribution in [0.25, 0.3) is 0 Å². The predicted molar refractivity (Wildman–Crippen MR) is 75.5 cm³/mol. The van der Waals surface area contributed by atoms with Gasteiger partial charge in [0.25, 0.3) is 0 Å². The molecule has 2 N–H and O–H groups in total. The van der Waals surface area contributed by atoms with Crippen molar-refractivity contribution in [2.75, 3.05) is 13.2 Å². The Morgan fingerprint density at radius 1 is 1.50 bits per heavy atom. The summed E-state index contributed by atoms with van der Waals surface area (Å²) in [5, 5.41) is 9.65. The van der Waals surface area contributed by atoms with E-state index in [2.05, 4.69) is 19.2 Å². The standard InChI is InChI=1S/C13H20N2O4S/c1-7(2)5-18-6-9-3-8(12(17)19-9)4-10-11(16)15-13(14)20-10/h7-10H,3-6H2,1-2H3,(H2,14,15,16). The van der Waals surface area contributed by atoms with Gasteiger partial charge in [0.1, 0.15) is 6.10 Å². The van der Waals surface area contributed by atoms with Crippen LogP contribution in [0.3, 0.4) is 0 Å². The second-order valence-electron chi connectivity index (χ2n) is 5.58. The summed E-state index contributed by atoms with van der Waals surface area (Å²) >= 11 is 1.17. The van der Waals surface area contributed by atoms with Gasteiger partial charge >= 0.3 is 5.97 Å². The first-order valence-corrected chi connectivity index (χ1v) is 7.68. The fourth-order valence-corrected chi connectivity index (χ4v) is 3.22. The van der Waals surface area contributed by atoms with E-state index < -0.39 is 0 Å². The van der Waals surface area contributed by atoms with E-state index in [1.165, 1.54) is 11.8 Å². The zero-order chi connectivity index (χ0) is 14.7. The molecule has 0 aliphatic carbocycles. The minimum Gasteiger partial charge on any atom is -0.460 e. The molecule has 0 aromatic rings. The summed E-state index contributed by atoms with van der Waals surface area (Å²) in [7, 11) is 0. The number of esters is 1. The molecule has 2 saturated heterocycles. The van der Waals surface area contributed by atoms with E-state index in [1.54, 1.807) is 0 Å². The molecular formula is C13H20N2O4S. The maximum atomic E-state index is 11.8. The molecule has 2 aliphatic rings. The van der Waals surface area contributed by atoms with Crippen LogP contribution in [0.2, 0.25) is 0 Å². The third kappa shape index (κ3) is 3.96. The number of carbonyl (C=O) groups excluding carboxylic acids is 2. The normalized spacial score (nSPS) is 29.9. The first kappa shape index (κ1) is 15.3. The minimum absolute atomic E-state index is 0.156. The highest BCUT2D eigenvalue weighted by molar-refractivity contribution is 8.15. The Kier molecular flexibility index (Phi) is 5.04. The molecule has 0 spiro atoms. The van der Waals surface area contributed by atoms with Crippen LogP contribution >= 0.6 is 11.8 Å². The van der Waals surface area contributed by atoms with Crippen LogP contribution in [0.5, 0.6) is 0 Å². The van der Waals surface area contributed by atoms with Gasteiger partial charge < -0.3 is 14.8 Å². The van der Waals surface area contributed by atoms with Gasteiger partial charge in [-0.05, 0) is 18.8 Å². The zero-order valence-corrected chi connectivity index (χ0v) is 12.5. The lowest BCUT2D eigenvalue weighted by Gasteiger charge is -2.11. The van der Waals surface area contributed by atoms with E-state index in [0.29, 0.717) is 32.0 Å². The first-order valence-electron chi connectivity index (χ1n) is 6.80. The van der Waals surface area contributed by atoms with Crippen molar-refractivity contribution < 1.29 is 19.1 Å². The lowest BCUT2D eigenvalue weighted by atomic mass is 9.99. The number of carbonyl (C=O) groups is 2. The van der Waals surface area contributed by atoms with Gasteiger partial charge in [-0.1, -0.05) is 25.6 Å². The molecule has 0 bridgehead atoms. The maximum Gasteiger partial charge on any atom is 0.309 e. The van der Waals surface area contributed by atoms with E-state index in [1.807, 2.05) is 0 Å². The quantitative estimate of drug-likeness (QED) is 0.718. The van der Waals surface area contributed by atoms with E-state index in [9.17, 15) is 9.59 Å². The van der Waals surface area contributed by atoms with Gasteiger partial charge in [0.2, 0.25) is 5.91 Å². The van der Waals surface area contributed by atoms with Gasteiger partial charge in [-0.15, -0.1) is 0 Å². The van der Waals surface area contributed by atoms with Crippen LogP contribution in [-0.4, -0.2) is 41.6 Å². The highest BCUT2D eigenvalue weighted by Gasteiger charge is 2.40. The van der Waals surface area contributed by atoms with E-state index in [-0.39, 0.29) is 34.3 Å². The topological polar surface area (TPSA) is 88.5 Å². The lowest BCUT2D eigenvalue weighted by Crippen LogP contribution is -2.26. The van der Waals surface area contributed by atoms with Gasteiger partial charge in [-0.2, -0.15) is 0 Å². The molecule has 0 aromatic heterocycles. The summed E-state index contributed by atoms with van der Waals surface area (Å²) in [6, 6.07) is 0. The predicted octanol–water partition coefficient (Wildman–Crippen LogP) is 1.15. The number of hydrogen-bond donors (Lipinski definition) is 2. The van der Waals surface area contributed by atoms with Crippen LogP contribution in [0.4, 0.5) is 0 Å². The Hall–Kier alpha value is -1.08. The van der Waals surface area contributed by atoms with Crippen molar-refractivity contribution in [1.29, 1.82) is 5.41 Å². The third-order valence-corrected chi connectivity index (χ3v) is 4.24. The van der Waals surface area contributed by atoms with Crippen molar-refractivity contribution in [3.8, 4) is 0 Å². The number of hydrogen-bond acceptors (Lipinski definition) is 6. The monoisotopic (exact) mass is 300 g/mol. The van der Waals surface area contributed by atoms with Gasteiger partial charge in [0.15, 0.2) is 5.17 Å². The molecule has 20 heavy (non-hydrogen) atoms. The number of rotatable bonds is 6. The second-order valence-corrected chi connectivity index (χ2v) is 6.80. The van der Waals surface area contributed by atoms with Gasteiger partial charge in [-0.25, -0.2) is 0 Å². The molecule has 0 aromatic carbocycles. The number of nitrogens with one attached hydrogen (secondary N) is 2. The average molecular weight is 300 g/mol. The van der Waals surface area contributed by atoms with Crippen molar-refractivity contribution in [3.05, 3.63) is 0 Å². The second kappa shape index (κ2) is 6.58. The van der Waals surface area contributed by atoms with Crippen molar-refractivity contribution >= 4 is 28.8 Å². The van der Waals surface area contributed by atoms with Crippen LogP contribution in [-0.2, 0) is 19.1 Å². The molecule has 1 amide bonds. The highest BCUT2D eigenvalue weighted by Crippen LogP contribution is 2.31. The SMILES string of the molecule is CC(C)COCC1CC(CC2SC(=N)NC2=O)C(=O)O1. The summed E-state index contributed by atoms with van der Waals surface area (Å²) < 4.78 is 10.8. The van der Waals surface area contributed by atoms with Gasteiger partial charge in [0.05, 0.1) is 17.8 Å². The molecule has 2 heterocycles. The Balaban J connectivity index is 1.78. The van der Waals surface area contributed by atoms with E-state index in [4.69, 9.17) is 14.9 Å². The Labute approximate surface area is 122 Å². The largest absolute Gasteiger partial charge is 0.460 e. The van der Waals surface area contributed by atoms with Crippen molar-refractivity contribution in [2.24, 2.45) is 11.8 Å². The maximum absolute atomic E-state index is 11.8. The van der Waals surface area contributed by atoms with Crippen LogP contribution in [0, 0.1) is 17.2 Å². The molecule has 2 aliphatic heterocycles. The lowest BCUT2D eigenvalue weighted by molar-refractivity contribution is -0.146. The van der Waals surface area contributed by atoms with Crippen LogP contribution in [0.1, 0.15) is 26.7 Å². The fourth-order valence-electron chi connectivity index (χ4n) is 2.28. The van der Waals surface area contributed by atoms with Crippen molar-refractivity contribution in [3.63, 3.8) is 0 Å². The summed E-state index contributed by atoms with van der Waals surface area (Å²) in [5.74, 6) is -0.258. The molecule has 7 heteroatoms. The summed E-state index contributed by atoms with van der Waals surface area (Å²) in [6.45, 7) is 5.19. The average Bonchev–Trinajstić information content (AvgIpc) is 2.83. The van der Waals surface area contributed by atoms with Crippen LogP contribution < -0.4 is 5.32 Å². The smallest absolute Gasteiger partial charge is 0.309 e. The summed E-state index contributed by atoms with van der Waals surface area (Å²) in [6.07, 6.45) is 0.813. The van der Waals surface area contributed by atoms with Crippen molar-refractivity contribution in [1.82, 2.24) is 5.32 Å². The Bertz CT molecular complexity index is 413. The summed E-state index contributed by atoms with van der Waals surface area (Å²) in [5.41, 5.74) is 0. The number of cyclic esters (lactones) is 1. The molecule has 0 saturated carbocycles. The molecule has 0 radical (unpaired) electrons. The van der Waals surface area contributed by atoms with Crippen LogP contribution in [0.15, 0.2) is 0 Å². The molecule has 6 nitrogen and oxygen atoms in total. The van der Waals surface area contributed by atoms with E-state index >= 15 is 0 Å². The zero-order valence-electron chi connectivity index (χ0n) is 11.7. The van der Waals surface area contributed by atoms with E-state index in [0.717, 1.165) is 0 Å². The number of amidine groups is 1. The van der Waals surface area contributed by atoms with Crippen molar-refractivity contribution in [2.45, 2.75) is 38.0 Å². The first-order chi connectivity index (χ1) is 9.45. The summed E-state index contributed by atoms with van der Waals surface area (Å²) in [4.78, 5) is 23.3. The highest BCUT2D eigenvalue weighted by atomic mass is 32.2. The number of amides is 1. The number of thioether (sulfide) groups is 1. The molecule has 112 valence electrons.